The van der Waals surface area contributed by atoms with E-state index in [1.807, 2.05) is 30.3 Å². The summed E-state index contributed by atoms with van der Waals surface area (Å²) in [4.78, 5) is 12.2. The van der Waals surface area contributed by atoms with Gasteiger partial charge in [-0.1, -0.05) is 30.3 Å². The fourth-order valence-corrected chi connectivity index (χ4v) is 2.49. The molecule has 28 heavy (non-hydrogen) atoms. The number of carbonyl (C=O) groups is 1. The SMILES string of the molecule is COc1cccc(/C=C/C(=O)Nc2ccn(-c3ccccc3)n2)c1OC(F)F. The molecular weight excluding hydrogens is 368 g/mol. The zero-order valence-corrected chi connectivity index (χ0v) is 14.9. The van der Waals surface area contributed by atoms with Gasteiger partial charge < -0.3 is 14.8 Å². The highest BCUT2D eigenvalue weighted by atomic mass is 19.3. The van der Waals surface area contributed by atoms with Crippen molar-refractivity contribution in [1.82, 2.24) is 9.78 Å². The van der Waals surface area contributed by atoms with Gasteiger partial charge in [-0.15, -0.1) is 0 Å². The van der Waals surface area contributed by atoms with Gasteiger partial charge in [-0.25, -0.2) is 4.68 Å². The number of alkyl halides is 2. The van der Waals surface area contributed by atoms with Crippen LogP contribution in [0.15, 0.2) is 66.9 Å². The molecule has 1 N–H and O–H groups in total. The average molecular weight is 385 g/mol. The van der Waals surface area contributed by atoms with Crippen LogP contribution in [0, 0.1) is 0 Å². The van der Waals surface area contributed by atoms with E-state index < -0.39 is 12.5 Å². The van der Waals surface area contributed by atoms with Crippen molar-refractivity contribution in [3.63, 3.8) is 0 Å². The minimum Gasteiger partial charge on any atom is -0.493 e. The zero-order valence-electron chi connectivity index (χ0n) is 14.9. The molecule has 3 aromatic rings. The van der Waals surface area contributed by atoms with Gasteiger partial charge in [0.15, 0.2) is 17.3 Å². The van der Waals surface area contributed by atoms with Crippen molar-refractivity contribution in [2.75, 3.05) is 12.4 Å². The van der Waals surface area contributed by atoms with Crippen LogP contribution in [-0.4, -0.2) is 29.4 Å². The highest BCUT2D eigenvalue weighted by Crippen LogP contribution is 2.33. The molecule has 0 aliphatic carbocycles. The summed E-state index contributed by atoms with van der Waals surface area (Å²) in [6.07, 6.45) is 4.28. The van der Waals surface area contributed by atoms with Crippen LogP contribution in [0.1, 0.15) is 5.56 Å². The Morgan fingerprint density at radius 1 is 1.14 bits per heavy atom. The summed E-state index contributed by atoms with van der Waals surface area (Å²) in [5.41, 5.74) is 1.13. The standard InChI is InChI=1S/C20H17F2N3O3/c1-27-16-9-5-6-14(19(16)28-20(21)22)10-11-18(26)23-17-12-13-25(24-17)15-7-3-2-4-8-15/h2-13,20H,1H3,(H,23,24,26)/b11-10+. The summed E-state index contributed by atoms with van der Waals surface area (Å²) in [5.74, 6) is -0.112. The van der Waals surface area contributed by atoms with Gasteiger partial charge >= 0.3 is 6.61 Å². The van der Waals surface area contributed by atoms with Crippen molar-refractivity contribution in [2.45, 2.75) is 6.61 Å². The number of halogens is 2. The molecule has 0 saturated carbocycles. The molecule has 0 aliphatic rings. The number of rotatable bonds is 7. The molecule has 1 aromatic heterocycles. The summed E-state index contributed by atoms with van der Waals surface area (Å²) in [6.45, 7) is -3.01. The molecule has 0 radical (unpaired) electrons. The van der Waals surface area contributed by atoms with Gasteiger partial charge in [-0.05, 0) is 24.3 Å². The van der Waals surface area contributed by atoms with Gasteiger partial charge in [0.25, 0.3) is 0 Å². The molecule has 0 fully saturated rings. The van der Waals surface area contributed by atoms with E-state index in [0.717, 1.165) is 5.69 Å². The Hall–Kier alpha value is -3.68. The second kappa shape index (κ2) is 8.81. The number of nitrogens with zero attached hydrogens (tertiary/aromatic N) is 2. The molecule has 8 heteroatoms. The van der Waals surface area contributed by atoms with Crippen LogP contribution in [0.25, 0.3) is 11.8 Å². The van der Waals surface area contributed by atoms with Gasteiger partial charge in [0.2, 0.25) is 5.91 Å². The molecule has 3 rings (SSSR count). The van der Waals surface area contributed by atoms with Crippen molar-refractivity contribution in [3.05, 3.63) is 72.4 Å². The van der Waals surface area contributed by atoms with Gasteiger partial charge in [0.1, 0.15) is 0 Å². The van der Waals surface area contributed by atoms with E-state index in [1.165, 1.54) is 31.4 Å². The molecule has 144 valence electrons. The third-order valence-electron chi connectivity index (χ3n) is 3.71. The van der Waals surface area contributed by atoms with E-state index in [9.17, 15) is 13.6 Å². The first-order valence-electron chi connectivity index (χ1n) is 8.29. The lowest BCUT2D eigenvalue weighted by Crippen LogP contribution is -2.09. The van der Waals surface area contributed by atoms with Gasteiger partial charge in [0, 0.05) is 23.9 Å². The van der Waals surface area contributed by atoms with Crippen molar-refractivity contribution in [2.24, 2.45) is 0 Å². The van der Waals surface area contributed by atoms with E-state index in [0.29, 0.717) is 5.82 Å². The number of carbonyl (C=O) groups excluding carboxylic acids is 1. The van der Waals surface area contributed by atoms with Crippen LogP contribution in [-0.2, 0) is 4.79 Å². The minimum atomic E-state index is -3.01. The van der Waals surface area contributed by atoms with Crippen LogP contribution in [0.2, 0.25) is 0 Å². The molecular formula is C20H17F2N3O3. The van der Waals surface area contributed by atoms with Crippen molar-refractivity contribution < 1.29 is 23.0 Å². The summed E-state index contributed by atoms with van der Waals surface area (Å²) < 4.78 is 36.5. The number of aromatic nitrogens is 2. The number of nitrogens with one attached hydrogen (secondary N) is 1. The lowest BCUT2D eigenvalue weighted by molar-refractivity contribution is -0.111. The number of benzene rings is 2. The monoisotopic (exact) mass is 385 g/mol. The Labute approximate surface area is 160 Å². The topological polar surface area (TPSA) is 65.4 Å². The normalized spacial score (nSPS) is 11.0. The molecule has 0 saturated heterocycles. The lowest BCUT2D eigenvalue weighted by atomic mass is 10.1. The number of hydrogen-bond acceptors (Lipinski definition) is 4. The Morgan fingerprint density at radius 2 is 1.93 bits per heavy atom. The summed E-state index contributed by atoms with van der Waals surface area (Å²) >= 11 is 0. The maximum absolute atomic E-state index is 12.7. The number of hydrogen-bond donors (Lipinski definition) is 1. The van der Waals surface area contributed by atoms with Crippen LogP contribution in [0.5, 0.6) is 11.5 Å². The van der Waals surface area contributed by atoms with Crippen LogP contribution in [0.3, 0.4) is 0 Å². The first-order valence-corrected chi connectivity index (χ1v) is 8.29. The van der Waals surface area contributed by atoms with E-state index in [-0.39, 0.29) is 17.1 Å². The third-order valence-corrected chi connectivity index (χ3v) is 3.71. The second-order valence-corrected chi connectivity index (χ2v) is 5.56. The maximum atomic E-state index is 12.7. The maximum Gasteiger partial charge on any atom is 0.387 e. The third kappa shape index (κ3) is 4.73. The predicted molar refractivity (Wildman–Crippen MR) is 101 cm³/mol. The number of amides is 1. The molecule has 1 heterocycles. The van der Waals surface area contributed by atoms with E-state index in [2.05, 4.69) is 15.2 Å². The van der Waals surface area contributed by atoms with E-state index >= 15 is 0 Å². The van der Waals surface area contributed by atoms with Gasteiger partial charge in [0.05, 0.1) is 12.8 Å². The molecule has 0 atom stereocenters. The van der Waals surface area contributed by atoms with Gasteiger partial charge in [-0.3, -0.25) is 4.79 Å². The van der Waals surface area contributed by atoms with Crippen molar-refractivity contribution >= 4 is 17.8 Å². The fraction of sp³-hybridized carbons (Fsp3) is 0.100. The van der Waals surface area contributed by atoms with Crippen LogP contribution >= 0.6 is 0 Å². The molecule has 0 spiro atoms. The molecule has 6 nitrogen and oxygen atoms in total. The number of para-hydroxylation sites is 2. The Morgan fingerprint density at radius 3 is 2.64 bits per heavy atom. The fourth-order valence-electron chi connectivity index (χ4n) is 2.49. The van der Waals surface area contributed by atoms with E-state index in [4.69, 9.17) is 4.74 Å². The highest BCUT2D eigenvalue weighted by molar-refractivity contribution is 6.01. The summed E-state index contributed by atoms with van der Waals surface area (Å²) in [5, 5.41) is 6.88. The molecule has 0 unspecified atom stereocenters. The summed E-state index contributed by atoms with van der Waals surface area (Å²) in [7, 11) is 1.34. The largest absolute Gasteiger partial charge is 0.493 e. The second-order valence-electron chi connectivity index (χ2n) is 5.56. The highest BCUT2D eigenvalue weighted by Gasteiger charge is 2.14. The first-order chi connectivity index (χ1) is 13.6. The smallest absolute Gasteiger partial charge is 0.387 e. The van der Waals surface area contributed by atoms with Gasteiger partial charge in [-0.2, -0.15) is 13.9 Å². The first kappa shape index (κ1) is 19.1. The van der Waals surface area contributed by atoms with Crippen LogP contribution < -0.4 is 14.8 Å². The lowest BCUT2D eigenvalue weighted by Gasteiger charge is -2.12. The number of methoxy groups -OCH3 is 1. The number of ether oxygens (including phenoxy) is 2. The Balaban J connectivity index is 1.72. The number of anilines is 1. The van der Waals surface area contributed by atoms with Crippen molar-refractivity contribution in [3.8, 4) is 17.2 Å². The molecule has 0 aliphatic heterocycles. The Kier molecular flexibility index (Phi) is 6.01. The van der Waals surface area contributed by atoms with E-state index in [1.54, 1.807) is 23.0 Å². The molecule has 0 bridgehead atoms. The zero-order chi connectivity index (χ0) is 19.9. The minimum absolute atomic E-state index is 0.141. The quantitative estimate of drug-likeness (QED) is 0.621. The summed E-state index contributed by atoms with van der Waals surface area (Å²) in [6, 6.07) is 15.7. The molecule has 1 amide bonds. The molecule has 2 aromatic carbocycles. The van der Waals surface area contributed by atoms with Crippen molar-refractivity contribution in [1.29, 1.82) is 0 Å². The average Bonchev–Trinajstić information content (AvgIpc) is 3.16. The van der Waals surface area contributed by atoms with Crippen LogP contribution in [0.4, 0.5) is 14.6 Å². The Bertz CT molecular complexity index is 972. The predicted octanol–water partition coefficient (Wildman–Crippen LogP) is 4.13.